The third kappa shape index (κ3) is 2.87. The van der Waals surface area contributed by atoms with Crippen LogP contribution in [0.15, 0.2) is 0 Å². The standard InChI is InChI=1S/C13H17N5OS/c1-7-10(8(2)16-15-7)5-6-11(19)14-13-18-17-12(20-13)9-3-4-9/h9H,3-6H2,1-2H3,(H,15,16)(H,14,18,19). The molecule has 20 heavy (non-hydrogen) atoms. The van der Waals surface area contributed by atoms with Crippen molar-refractivity contribution >= 4 is 22.4 Å². The molecule has 0 bridgehead atoms. The Morgan fingerprint density at radius 3 is 2.85 bits per heavy atom. The van der Waals surface area contributed by atoms with E-state index in [1.807, 2.05) is 13.8 Å². The molecule has 7 heteroatoms. The normalized spacial score (nSPS) is 14.5. The molecule has 0 radical (unpaired) electrons. The van der Waals surface area contributed by atoms with E-state index in [-0.39, 0.29) is 5.91 Å². The minimum absolute atomic E-state index is 0.0245. The van der Waals surface area contributed by atoms with Gasteiger partial charge in [0.15, 0.2) is 0 Å². The molecule has 2 heterocycles. The molecular weight excluding hydrogens is 274 g/mol. The van der Waals surface area contributed by atoms with Crippen molar-refractivity contribution in [2.75, 3.05) is 5.32 Å². The number of amides is 1. The van der Waals surface area contributed by atoms with Crippen molar-refractivity contribution in [3.8, 4) is 0 Å². The molecule has 1 amide bonds. The van der Waals surface area contributed by atoms with Gasteiger partial charge in [-0.05, 0) is 38.7 Å². The molecule has 1 aliphatic carbocycles. The van der Waals surface area contributed by atoms with Gasteiger partial charge in [-0.1, -0.05) is 11.3 Å². The van der Waals surface area contributed by atoms with E-state index >= 15 is 0 Å². The minimum Gasteiger partial charge on any atom is -0.301 e. The second-order valence-electron chi connectivity index (χ2n) is 5.18. The maximum Gasteiger partial charge on any atom is 0.226 e. The summed E-state index contributed by atoms with van der Waals surface area (Å²) in [7, 11) is 0. The highest BCUT2D eigenvalue weighted by molar-refractivity contribution is 7.15. The summed E-state index contributed by atoms with van der Waals surface area (Å²) in [6, 6.07) is 0. The zero-order valence-corrected chi connectivity index (χ0v) is 12.4. The Hall–Kier alpha value is -1.76. The Kier molecular flexibility index (Phi) is 3.52. The molecule has 106 valence electrons. The molecule has 2 aromatic rings. The number of nitrogens with one attached hydrogen (secondary N) is 2. The average Bonchev–Trinajstić information content (AvgIpc) is 3.09. The summed E-state index contributed by atoms with van der Waals surface area (Å²) in [5.41, 5.74) is 3.11. The Balaban J connectivity index is 1.54. The van der Waals surface area contributed by atoms with Crippen LogP contribution in [0.25, 0.3) is 0 Å². The summed E-state index contributed by atoms with van der Waals surface area (Å²) in [4.78, 5) is 11.9. The molecule has 0 aliphatic heterocycles. The van der Waals surface area contributed by atoms with Crippen molar-refractivity contribution in [1.82, 2.24) is 20.4 Å². The minimum atomic E-state index is -0.0245. The van der Waals surface area contributed by atoms with E-state index in [0.717, 1.165) is 22.0 Å². The zero-order chi connectivity index (χ0) is 14.1. The van der Waals surface area contributed by atoms with Gasteiger partial charge in [0, 0.05) is 18.0 Å². The van der Waals surface area contributed by atoms with Gasteiger partial charge in [0.25, 0.3) is 0 Å². The summed E-state index contributed by atoms with van der Waals surface area (Å²) >= 11 is 1.49. The predicted molar refractivity (Wildman–Crippen MR) is 76.9 cm³/mol. The highest BCUT2D eigenvalue weighted by Crippen LogP contribution is 2.42. The van der Waals surface area contributed by atoms with Crippen molar-refractivity contribution in [2.24, 2.45) is 0 Å². The number of anilines is 1. The van der Waals surface area contributed by atoms with Crippen LogP contribution in [0.4, 0.5) is 5.13 Å². The van der Waals surface area contributed by atoms with Crippen LogP contribution < -0.4 is 5.32 Å². The maximum absolute atomic E-state index is 11.9. The van der Waals surface area contributed by atoms with E-state index in [0.29, 0.717) is 23.9 Å². The van der Waals surface area contributed by atoms with Gasteiger partial charge < -0.3 is 5.32 Å². The lowest BCUT2D eigenvalue weighted by Crippen LogP contribution is -2.12. The van der Waals surface area contributed by atoms with E-state index in [2.05, 4.69) is 25.7 Å². The van der Waals surface area contributed by atoms with E-state index in [1.165, 1.54) is 24.2 Å². The van der Waals surface area contributed by atoms with Gasteiger partial charge in [-0.2, -0.15) is 5.10 Å². The molecule has 0 atom stereocenters. The number of aromatic amines is 1. The fourth-order valence-corrected chi connectivity index (χ4v) is 3.07. The average molecular weight is 291 g/mol. The van der Waals surface area contributed by atoms with Crippen LogP contribution in [-0.4, -0.2) is 26.3 Å². The van der Waals surface area contributed by atoms with E-state index in [4.69, 9.17) is 0 Å². The summed E-state index contributed by atoms with van der Waals surface area (Å²) in [6.45, 7) is 3.92. The first-order valence-corrected chi connectivity index (χ1v) is 7.59. The van der Waals surface area contributed by atoms with Crippen LogP contribution in [0.5, 0.6) is 0 Å². The smallest absolute Gasteiger partial charge is 0.226 e. The van der Waals surface area contributed by atoms with Crippen molar-refractivity contribution in [3.63, 3.8) is 0 Å². The highest BCUT2D eigenvalue weighted by atomic mass is 32.1. The molecule has 0 saturated heterocycles. The quantitative estimate of drug-likeness (QED) is 0.885. The molecule has 6 nitrogen and oxygen atoms in total. The summed E-state index contributed by atoms with van der Waals surface area (Å²) < 4.78 is 0. The zero-order valence-electron chi connectivity index (χ0n) is 11.6. The van der Waals surface area contributed by atoms with Crippen LogP contribution in [-0.2, 0) is 11.2 Å². The number of rotatable bonds is 5. The van der Waals surface area contributed by atoms with Crippen LogP contribution >= 0.6 is 11.3 Å². The summed E-state index contributed by atoms with van der Waals surface area (Å²) in [5.74, 6) is 0.554. The maximum atomic E-state index is 11.9. The summed E-state index contributed by atoms with van der Waals surface area (Å²) in [6.07, 6.45) is 3.51. The Bertz CT molecular complexity index is 609. The Morgan fingerprint density at radius 1 is 1.40 bits per heavy atom. The molecule has 1 fully saturated rings. The molecule has 0 aromatic carbocycles. The molecule has 0 spiro atoms. The van der Waals surface area contributed by atoms with Gasteiger partial charge in [-0.3, -0.25) is 9.89 Å². The number of hydrogen-bond donors (Lipinski definition) is 2. The monoisotopic (exact) mass is 291 g/mol. The first kappa shape index (κ1) is 13.2. The van der Waals surface area contributed by atoms with Gasteiger partial charge in [0.2, 0.25) is 11.0 Å². The van der Waals surface area contributed by atoms with E-state index in [1.54, 1.807) is 0 Å². The number of H-pyrrole nitrogens is 1. The lowest BCUT2D eigenvalue weighted by atomic mass is 10.1. The fraction of sp³-hybridized carbons (Fsp3) is 0.538. The lowest BCUT2D eigenvalue weighted by molar-refractivity contribution is -0.116. The van der Waals surface area contributed by atoms with Crippen molar-refractivity contribution in [1.29, 1.82) is 0 Å². The fourth-order valence-electron chi connectivity index (χ4n) is 2.14. The molecular formula is C13H17N5OS. The van der Waals surface area contributed by atoms with Crippen LogP contribution in [0.1, 0.15) is 47.1 Å². The second-order valence-corrected chi connectivity index (χ2v) is 6.19. The molecule has 0 unspecified atom stereocenters. The number of nitrogens with zero attached hydrogens (tertiary/aromatic N) is 3. The third-order valence-corrected chi connectivity index (χ3v) is 4.50. The SMILES string of the molecule is Cc1n[nH]c(C)c1CCC(=O)Nc1nnc(C2CC2)s1. The second kappa shape index (κ2) is 5.32. The van der Waals surface area contributed by atoms with Crippen molar-refractivity contribution < 1.29 is 4.79 Å². The van der Waals surface area contributed by atoms with Gasteiger partial charge in [-0.25, -0.2) is 0 Å². The molecule has 3 rings (SSSR count). The number of carbonyl (C=O) groups excluding carboxylic acids is 1. The van der Waals surface area contributed by atoms with E-state index in [9.17, 15) is 4.79 Å². The molecule has 2 N–H and O–H groups in total. The van der Waals surface area contributed by atoms with Gasteiger partial charge in [-0.15, -0.1) is 10.2 Å². The van der Waals surface area contributed by atoms with Gasteiger partial charge in [0.05, 0.1) is 5.69 Å². The van der Waals surface area contributed by atoms with Crippen molar-refractivity contribution in [3.05, 3.63) is 22.0 Å². The summed E-state index contributed by atoms with van der Waals surface area (Å²) in [5, 5.41) is 19.7. The van der Waals surface area contributed by atoms with Crippen LogP contribution in [0.3, 0.4) is 0 Å². The van der Waals surface area contributed by atoms with Crippen molar-refractivity contribution in [2.45, 2.75) is 45.4 Å². The first-order valence-electron chi connectivity index (χ1n) is 6.77. The van der Waals surface area contributed by atoms with Crippen LogP contribution in [0, 0.1) is 13.8 Å². The number of carbonyl (C=O) groups is 1. The number of hydrogen-bond acceptors (Lipinski definition) is 5. The topological polar surface area (TPSA) is 83.6 Å². The number of aromatic nitrogens is 4. The Morgan fingerprint density at radius 2 is 2.20 bits per heavy atom. The molecule has 1 saturated carbocycles. The highest BCUT2D eigenvalue weighted by Gasteiger charge is 2.27. The first-order chi connectivity index (χ1) is 9.63. The lowest BCUT2D eigenvalue weighted by Gasteiger charge is -2.01. The van der Waals surface area contributed by atoms with Crippen LogP contribution in [0.2, 0.25) is 0 Å². The Labute approximate surface area is 121 Å². The molecule has 2 aromatic heterocycles. The van der Waals surface area contributed by atoms with Gasteiger partial charge in [0.1, 0.15) is 5.01 Å². The largest absolute Gasteiger partial charge is 0.301 e. The van der Waals surface area contributed by atoms with E-state index < -0.39 is 0 Å². The number of aryl methyl sites for hydroxylation is 2. The predicted octanol–water partition coefficient (Wildman–Crippen LogP) is 2.33. The third-order valence-electron chi connectivity index (χ3n) is 3.50. The molecule has 1 aliphatic rings. The van der Waals surface area contributed by atoms with Gasteiger partial charge >= 0.3 is 0 Å².